The largest absolute Gasteiger partial charge is 0.342 e. The highest BCUT2D eigenvalue weighted by Gasteiger charge is 2.19. The van der Waals surface area contributed by atoms with Gasteiger partial charge in [-0.3, -0.25) is 4.79 Å². The highest BCUT2D eigenvalue weighted by atomic mass is 19.1. The number of nitrogens with one attached hydrogen (secondary N) is 2. The topological polar surface area (TPSA) is 83.6 Å². The molecule has 1 aromatic heterocycles. The highest BCUT2D eigenvalue weighted by Crippen LogP contribution is 2.15. The summed E-state index contributed by atoms with van der Waals surface area (Å²) in [4.78, 5) is 12.2. The van der Waals surface area contributed by atoms with E-state index in [1.165, 1.54) is 12.1 Å². The fourth-order valence-corrected chi connectivity index (χ4v) is 1.98. The molecule has 1 heterocycles. The lowest BCUT2D eigenvalue weighted by atomic mass is 10.1. The molecule has 1 aromatic carbocycles. The van der Waals surface area contributed by atoms with E-state index in [0.717, 1.165) is 6.42 Å². The Morgan fingerprint density at radius 1 is 1.45 bits per heavy atom. The number of rotatable bonds is 5. The smallest absolute Gasteiger partial charge is 0.251 e. The summed E-state index contributed by atoms with van der Waals surface area (Å²) >= 11 is 0. The molecule has 0 aliphatic heterocycles. The van der Waals surface area contributed by atoms with Gasteiger partial charge >= 0.3 is 0 Å². The van der Waals surface area contributed by atoms with E-state index in [2.05, 4.69) is 25.9 Å². The molecule has 0 aliphatic rings. The second-order valence-electron chi connectivity index (χ2n) is 4.60. The van der Waals surface area contributed by atoms with Gasteiger partial charge in [-0.05, 0) is 37.1 Å². The van der Waals surface area contributed by atoms with Crippen molar-refractivity contribution in [3.63, 3.8) is 0 Å². The summed E-state index contributed by atoms with van der Waals surface area (Å²) in [6.07, 6.45) is 1.53. The minimum atomic E-state index is -0.429. The van der Waals surface area contributed by atoms with E-state index in [-0.39, 0.29) is 17.5 Å². The summed E-state index contributed by atoms with van der Waals surface area (Å²) in [6, 6.07) is 3.88. The zero-order valence-corrected chi connectivity index (χ0v) is 11.4. The van der Waals surface area contributed by atoms with Gasteiger partial charge in [0, 0.05) is 5.56 Å². The molecule has 20 heavy (non-hydrogen) atoms. The minimum Gasteiger partial charge on any atom is -0.342 e. The van der Waals surface area contributed by atoms with Crippen molar-refractivity contribution >= 4 is 5.91 Å². The Balaban J connectivity index is 2.16. The monoisotopic (exact) mass is 277 g/mol. The van der Waals surface area contributed by atoms with Crippen LogP contribution in [0.4, 0.5) is 4.39 Å². The van der Waals surface area contributed by atoms with Gasteiger partial charge in [0.25, 0.3) is 5.91 Å². The van der Waals surface area contributed by atoms with Crippen LogP contribution in [0.2, 0.25) is 0 Å². The predicted octanol–water partition coefficient (Wildman–Crippen LogP) is 1.92. The van der Waals surface area contributed by atoms with Crippen LogP contribution in [0.15, 0.2) is 18.2 Å². The Hall–Kier alpha value is -2.31. The first kappa shape index (κ1) is 14.1. The zero-order chi connectivity index (χ0) is 14.5. The zero-order valence-electron chi connectivity index (χ0n) is 11.4. The SMILES string of the molecule is CCC[C@H](NC(=O)c1cc(C)cc(F)c1)c1nn[nH]n1. The minimum absolute atomic E-state index is 0.284. The molecule has 0 fully saturated rings. The van der Waals surface area contributed by atoms with Crippen LogP contribution < -0.4 is 5.32 Å². The normalized spacial score (nSPS) is 12.2. The van der Waals surface area contributed by atoms with Gasteiger partial charge in [0.2, 0.25) is 0 Å². The summed E-state index contributed by atoms with van der Waals surface area (Å²) < 4.78 is 13.3. The Labute approximate surface area is 115 Å². The molecular formula is C13H16FN5O. The Morgan fingerprint density at radius 3 is 2.85 bits per heavy atom. The molecule has 2 aromatic rings. The molecular weight excluding hydrogens is 261 g/mol. The summed E-state index contributed by atoms with van der Waals surface area (Å²) in [5.41, 5.74) is 0.980. The van der Waals surface area contributed by atoms with Crippen molar-refractivity contribution in [1.29, 1.82) is 0 Å². The number of halogens is 1. The maximum absolute atomic E-state index is 13.3. The van der Waals surface area contributed by atoms with Crippen LogP contribution in [0.3, 0.4) is 0 Å². The van der Waals surface area contributed by atoms with Gasteiger partial charge in [-0.15, -0.1) is 10.2 Å². The molecule has 6 nitrogen and oxygen atoms in total. The first-order chi connectivity index (χ1) is 9.60. The second-order valence-corrected chi connectivity index (χ2v) is 4.60. The second kappa shape index (κ2) is 6.23. The van der Waals surface area contributed by atoms with Crippen LogP contribution in [0.25, 0.3) is 0 Å². The third-order valence-electron chi connectivity index (χ3n) is 2.86. The molecule has 0 spiro atoms. The van der Waals surface area contributed by atoms with Crippen molar-refractivity contribution in [2.24, 2.45) is 0 Å². The first-order valence-electron chi connectivity index (χ1n) is 6.41. The van der Waals surface area contributed by atoms with Crippen LogP contribution in [-0.4, -0.2) is 26.5 Å². The lowest BCUT2D eigenvalue weighted by Crippen LogP contribution is -2.29. The standard InChI is InChI=1S/C13H16FN5O/c1-3-4-11(12-16-18-19-17-12)15-13(20)9-5-8(2)6-10(14)7-9/h5-7,11H,3-4H2,1-2H3,(H,15,20)(H,16,17,18,19)/t11-/m0/s1. The number of carbonyl (C=O) groups is 1. The number of nitrogens with zero attached hydrogens (tertiary/aromatic N) is 3. The Kier molecular flexibility index (Phi) is 4.39. The average molecular weight is 277 g/mol. The van der Waals surface area contributed by atoms with Crippen molar-refractivity contribution in [2.45, 2.75) is 32.7 Å². The Bertz CT molecular complexity index is 564. The molecule has 0 radical (unpaired) electrons. The van der Waals surface area contributed by atoms with Crippen LogP contribution in [0, 0.1) is 12.7 Å². The molecule has 1 atom stereocenters. The number of H-pyrrole nitrogens is 1. The van der Waals surface area contributed by atoms with Crippen molar-refractivity contribution in [1.82, 2.24) is 25.9 Å². The maximum Gasteiger partial charge on any atom is 0.251 e. The van der Waals surface area contributed by atoms with E-state index in [1.54, 1.807) is 13.0 Å². The van der Waals surface area contributed by atoms with Gasteiger partial charge in [0.1, 0.15) is 5.82 Å². The van der Waals surface area contributed by atoms with Crippen LogP contribution in [0.1, 0.15) is 47.6 Å². The molecule has 106 valence electrons. The third kappa shape index (κ3) is 3.37. The summed E-state index contributed by atoms with van der Waals surface area (Å²) in [7, 11) is 0. The highest BCUT2D eigenvalue weighted by molar-refractivity contribution is 5.94. The fraction of sp³-hybridized carbons (Fsp3) is 0.385. The van der Waals surface area contributed by atoms with E-state index >= 15 is 0 Å². The van der Waals surface area contributed by atoms with Gasteiger partial charge in [-0.1, -0.05) is 18.6 Å². The number of aromatic amines is 1. The molecule has 0 unspecified atom stereocenters. The number of hydrogen-bond acceptors (Lipinski definition) is 4. The van der Waals surface area contributed by atoms with Gasteiger partial charge in [-0.2, -0.15) is 5.21 Å². The number of tetrazole rings is 1. The predicted molar refractivity (Wildman–Crippen MR) is 70.4 cm³/mol. The molecule has 7 heteroatoms. The number of amides is 1. The van der Waals surface area contributed by atoms with Crippen molar-refractivity contribution in [3.05, 3.63) is 41.0 Å². The van der Waals surface area contributed by atoms with Crippen LogP contribution in [-0.2, 0) is 0 Å². The van der Waals surface area contributed by atoms with Crippen LogP contribution >= 0.6 is 0 Å². The van der Waals surface area contributed by atoms with Crippen molar-refractivity contribution in [2.75, 3.05) is 0 Å². The number of carbonyl (C=O) groups excluding carboxylic acids is 1. The molecule has 0 saturated carbocycles. The lowest BCUT2D eigenvalue weighted by Gasteiger charge is -2.14. The molecule has 2 N–H and O–H groups in total. The number of aromatic nitrogens is 4. The quantitative estimate of drug-likeness (QED) is 0.874. The van der Waals surface area contributed by atoms with Crippen molar-refractivity contribution in [3.8, 4) is 0 Å². The van der Waals surface area contributed by atoms with E-state index in [9.17, 15) is 9.18 Å². The Morgan fingerprint density at radius 2 is 2.25 bits per heavy atom. The van der Waals surface area contributed by atoms with E-state index in [0.29, 0.717) is 17.8 Å². The lowest BCUT2D eigenvalue weighted by molar-refractivity contribution is 0.0932. The number of aryl methyl sites for hydroxylation is 1. The molecule has 0 bridgehead atoms. The van der Waals surface area contributed by atoms with E-state index in [1.807, 2.05) is 6.92 Å². The van der Waals surface area contributed by atoms with Gasteiger partial charge < -0.3 is 5.32 Å². The van der Waals surface area contributed by atoms with E-state index < -0.39 is 5.82 Å². The maximum atomic E-state index is 13.3. The van der Waals surface area contributed by atoms with Gasteiger partial charge in [0.05, 0.1) is 6.04 Å². The first-order valence-corrected chi connectivity index (χ1v) is 6.41. The number of hydrogen-bond donors (Lipinski definition) is 2. The average Bonchev–Trinajstić information content (AvgIpc) is 2.90. The molecule has 1 amide bonds. The molecule has 0 saturated heterocycles. The van der Waals surface area contributed by atoms with Crippen LogP contribution in [0.5, 0.6) is 0 Å². The van der Waals surface area contributed by atoms with E-state index in [4.69, 9.17) is 0 Å². The molecule has 0 aliphatic carbocycles. The number of benzene rings is 1. The third-order valence-corrected chi connectivity index (χ3v) is 2.86. The summed E-state index contributed by atoms with van der Waals surface area (Å²) in [5, 5.41) is 16.4. The summed E-state index contributed by atoms with van der Waals surface area (Å²) in [5.74, 6) is -0.356. The summed E-state index contributed by atoms with van der Waals surface area (Å²) in [6.45, 7) is 3.73. The van der Waals surface area contributed by atoms with Gasteiger partial charge in [0.15, 0.2) is 5.82 Å². The fourth-order valence-electron chi connectivity index (χ4n) is 1.98. The molecule has 2 rings (SSSR count). The van der Waals surface area contributed by atoms with Crippen molar-refractivity contribution < 1.29 is 9.18 Å². The van der Waals surface area contributed by atoms with Gasteiger partial charge in [-0.25, -0.2) is 4.39 Å².